The zero-order valence-corrected chi connectivity index (χ0v) is 7.64. The number of pyridine rings is 1. The van der Waals surface area contributed by atoms with E-state index >= 15 is 0 Å². The first-order valence-corrected chi connectivity index (χ1v) is 4.27. The van der Waals surface area contributed by atoms with Crippen LogP contribution in [0.25, 0.3) is 11.0 Å². The van der Waals surface area contributed by atoms with Crippen LogP contribution in [-0.4, -0.2) is 25.8 Å². The van der Waals surface area contributed by atoms with Crippen molar-refractivity contribution >= 4 is 17.0 Å². The van der Waals surface area contributed by atoms with E-state index in [2.05, 4.69) is 10.1 Å². The second-order valence-electron chi connectivity index (χ2n) is 2.92. The van der Waals surface area contributed by atoms with Gasteiger partial charge in [0.1, 0.15) is 11.0 Å². The molecule has 0 radical (unpaired) electrons. The van der Waals surface area contributed by atoms with Gasteiger partial charge in [0, 0.05) is 12.7 Å². The minimum Gasteiger partial charge on any atom is -0.478 e. The summed E-state index contributed by atoms with van der Waals surface area (Å²) in [6.07, 6.45) is 3.13. The summed E-state index contributed by atoms with van der Waals surface area (Å²) in [6, 6.07) is 1.52. The molecular formula is C9H9N3O2. The van der Waals surface area contributed by atoms with Gasteiger partial charge in [0.15, 0.2) is 0 Å². The lowest BCUT2D eigenvalue weighted by Gasteiger charge is -1.91. The molecule has 72 valence electrons. The standard InChI is InChI=1S/C9H9N3O2/c1-2-12-5-8-7(11-12)3-6(4-10-8)9(13)14/h3-5H,2H2,1H3,(H,13,14). The van der Waals surface area contributed by atoms with Crippen LogP contribution in [0.4, 0.5) is 0 Å². The van der Waals surface area contributed by atoms with E-state index < -0.39 is 5.97 Å². The highest BCUT2D eigenvalue weighted by molar-refractivity contribution is 5.91. The van der Waals surface area contributed by atoms with E-state index in [0.717, 1.165) is 12.1 Å². The van der Waals surface area contributed by atoms with Gasteiger partial charge in [0.2, 0.25) is 0 Å². The first-order chi connectivity index (χ1) is 6.70. The lowest BCUT2D eigenvalue weighted by atomic mass is 10.2. The first kappa shape index (κ1) is 8.68. The number of carbonyl (C=O) groups is 1. The topological polar surface area (TPSA) is 68.0 Å². The van der Waals surface area contributed by atoms with E-state index in [4.69, 9.17) is 5.11 Å². The molecule has 0 amide bonds. The van der Waals surface area contributed by atoms with Crippen LogP contribution >= 0.6 is 0 Å². The zero-order chi connectivity index (χ0) is 10.1. The molecule has 0 saturated carbocycles. The maximum absolute atomic E-state index is 10.6. The average Bonchev–Trinajstić information content (AvgIpc) is 2.58. The number of carboxylic acid groups (broad SMARTS) is 1. The molecule has 0 aliphatic heterocycles. The van der Waals surface area contributed by atoms with Crippen molar-refractivity contribution in [3.8, 4) is 0 Å². The van der Waals surface area contributed by atoms with Gasteiger partial charge in [-0.3, -0.25) is 9.67 Å². The Kier molecular flexibility index (Phi) is 1.92. The summed E-state index contributed by atoms with van der Waals surface area (Å²) in [5.74, 6) is -0.981. The van der Waals surface area contributed by atoms with Gasteiger partial charge in [-0.15, -0.1) is 0 Å². The van der Waals surface area contributed by atoms with Crippen LogP contribution in [0.15, 0.2) is 18.5 Å². The Labute approximate surface area is 80.0 Å². The SMILES string of the molecule is CCn1cc2ncc(C(=O)O)cc2n1. The monoisotopic (exact) mass is 191 g/mol. The molecule has 2 aromatic heterocycles. The van der Waals surface area contributed by atoms with E-state index in [1.54, 1.807) is 10.9 Å². The third-order valence-electron chi connectivity index (χ3n) is 1.98. The Morgan fingerprint density at radius 2 is 2.36 bits per heavy atom. The number of aromatic nitrogens is 3. The van der Waals surface area contributed by atoms with Gasteiger partial charge in [0.25, 0.3) is 0 Å². The highest BCUT2D eigenvalue weighted by atomic mass is 16.4. The number of aromatic carboxylic acids is 1. The Bertz CT molecular complexity index is 490. The number of rotatable bonds is 2. The highest BCUT2D eigenvalue weighted by Gasteiger charge is 2.06. The van der Waals surface area contributed by atoms with E-state index in [1.165, 1.54) is 12.3 Å². The Morgan fingerprint density at radius 3 is 3.00 bits per heavy atom. The van der Waals surface area contributed by atoms with Gasteiger partial charge in [0.05, 0.1) is 11.8 Å². The van der Waals surface area contributed by atoms with Crippen LogP contribution < -0.4 is 0 Å². The van der Waals surface area contributed by atoms with Crippen LogP contribution in [0.3, 0.4) is 0 Å². The fraction of sp³-hybridized carbons (Fsp3) is 0.222. The van der Waals surface area contributed by atoms with Crippen LogP contribution in [0.2, 0.25) is 0 Å². The summed E-state index contributed by atoms with van der Waals surface area (Å²) >= 11 is 0. The fourth-order valence-electron chi connectivity index (χ4n) is 1.23. The van der Waals surface area contributed by atoms with Crippen molar-refractivity contribution in [1.29, 1.82) is 0 Å². The number of fused-ring (bicyclic) bond motifs is 1. The smallest absolute Gasteiger partial charge is 0.337 e. The van der Waals surface area contributed by atoms with Crippen molar-refractivity contribution in [2.24, 2.45) is 0 Å². The average molecular weight is 191 g/mol. The predicted octanol–water partition coefficient (Wildman–Crippen LogP) is 1.15. The molecule has 14 heavy (non-hydrogen) atoms. The van der Waals surface area contributed by atoms with Crippen LogP contribution in [-0.2, 0) is 6.54 Å². The summed E-state index contributed by atoms with van der Waals surface area (Å²) in [7, 11) is 0. The molecule has 0 saturated heterocycles. The number of aryl methyl sites for hydroxylation is 1. The molecule has 0 bridgehead atoms. The van der Waals surface area contributed by atoms with Crippen molar-refractivity contribution in [3.63, 3.8) is 0 Å². The molecule has 0 atom stereocenters. The van der Waals surface area contributed by atoms with Crippen LogP contribution in [0.5, 0.6) is 0 Å². The molecule has 5 heteroatoms. The second kappa shape index (κ2) is 3.10. The van der Waals surface area contributed by atoms with Gasteiger partial charge in [-0.25, -0.2) is 4.79 Å². The quantitative estimate of drug-likeness (QED) is 0.773. The van der Waals surface area contributed by atoms with Crippen molar-refractivity contribution < 1.29 is 9.90 Å². The van der Waals surface area contributed by atoms with Crippen LogP contribution in [0, 0.1) is 0 Å². The number of hydrogen-bond acceptors (Lipinski definition) is 3. The molecule has 1 N–H and O–H groups in total. The molecule has 0 aliphatic rings. The Balaban J connectivity index is 2.59. The van der Waals surface area contributed by atoms with E-state index in [0.29, 0.717) is 5.52 Å². The molecule has 0 fully saturated rings. The summed E-state index contributed by atoms with van der Waals surface area (Å²) in [6.45, 7) is 2.71. The third kappa shape index (κ3) is 1.32. The first-order valence-electron chi connectivity index (χ1n) is 4.27. The molecule has 2 rings (SSSR count). The van der Waals surface area contributed by atoms with Gasteiger partial charge in [-0.05, 0) is 13.0 Å². The minimum atomic E-state index is -0.981. The largest absolute Gasteiger partial charge is 0.478 e. The van der Waals surface area contributed by atoms with Crippen molar-refractivity contribution in [3.05, 3.63) is 24.0 Å². The van der Waals surface area contributed by atoms with Crippen molar-refractivity contribution in [2.45, 2.75) is 13.5 Å². The van der Waals surface area contributed by atoms with Gasteiger partial charge in [-0.2, -0.15) is 5.10 Å². The molecule has 0 aromatic carbocycles. The molecule has 0 aliphatic carbocycles. The van der Waals surface area contributed by atoms with E-state index in [9.17, 15) is 4.79 Å². The second-order valence-corrected chi connectivity index (χ2v) is 2.92. The van der Waals surface area contributed by atoms with Crippen molar-refractivity contribution in [2.75, 3.05) is 0 Å². The normalized spacial score (nSPS) is 10.6. The summed E-state index contributed by atoms with van der Waals surface area (Å²) in [4.78, 5) is 14.7. The van der Waals surface area contributed by atoms with Crippen molar-refractivity contribution in [1.82, 2.24) is 14.8 Å². The predicted molar refractivity (Wildman–Crippen MR) is 50.2 cm³/mol. The summed E-state index contributed by atoms with van der Waals surface area (Å²) in [5.41, 5.74) is 1.50. The Morgan fingerprint density at radius 1 is 1.57 bits per heavy atom. The highest BCUT2D eigenvalue weighted by Crippen LogP contribution is 2.11. The fourth-order valence-corrected chi connectivity index (χ4v) is 1.23. The lowest BCUT2D eigenvalue weighted by molar-refractivity contribution is 0.0696. The zero-order valence-electron chi connectivity index (χ0n) is 7.64. The van der Waals surface area contributed by atoms with Crippen LogP contribution in [0.1, 0.15) is 17.3 Å². The third-order valence-corrected chi connectivity index (χ3v) is 1.98. The minimum absolute atomic E-state index is 0.166. The maximum Gasteiger partial charge on any atom is 0.337 e. The Hall–Kier alpha value is -1.91. The molecular weight excluding hydrogens is 182 g/mol. The lowest BCUT2D eigenvalue weighted by Crippen LogP contribution is -1.96. The van der Waals surface area contributed by atoms with E-state index in [1.807, 2.05) is 6.92 Å². The number of carboxylic acids is 1. The number of hydrogen-bond donors (Lipinski definition) is 1. The molecule has 2 heterocycles. The molecule has 0 unspecified atom stereocenters. The molecule has 5 nitrogen and oxygen atoms in total. The number of nitrogens with zero attached hydrogens (tertiary/aromatic N) is 3. The van der Waals surface area contributed by atoms with Gasteiger partial charge >= 0.3 is 5.97 Å². The van der Waals surface area contributed by atoms with Gasteiger partial charge < -0.3 is 5.11 Å². The maximum atomic E-state index is 10.6. The molecule has 0 spiro atoms. The summed E-state index contributed by atoms with van der Waals surface area (Å²) in [5, 5.41) is 12.9. The van der Waals surface area contributed by atoms with E-state index in [-0.39, 0.29) is 5.56 Å². The van der Waals surface area contributed by atoms with Gasteiger partial charge in [-0.1, -0.05) is 0 Å². The summed E-state index contributed by atoms with van der Waals surface area (Å²) < 4.78 is 1.73. The molecule has 2 aromatic rings.